The summed E-state index contributed by atoms with van der Waals surface area (Å²) < 4.78 is 13.1. The average Bonchev–Trinajstić information content (AvgIpc) is 2.50. The number of hydrogen-bond donors (Lipinski definition) is 1. The van der Waals surface area contributed by atoms with Gasteiger partial charge >= 0.3 is 0 Å². The highest BCUT2D eigenvalue weighted by atomic mass is 32.2. The van der Waals surface area contributed by atoms with Crippen LogP contribution in [0.1, 0.15) is 30.5 Å². The fraction of sp³-hybridized carbons (Fsp3) is 0.294. The van der Waals surface area contributed by atoms with Gasteiger partial charge in [0.05, 0.1) is 6.04 Å². The maximum Gasteiger partial charge on any atom is 0.123 e. The molecule has 0 saturated heterocycles. The van der Waals surface area contributed by atoms with E-state index in [4.69, 9.17) is 0 Å². The zero-order valence-electron chi connectivity index (χ0n) is 11.9. The third-order valence-corrected chi connectivity index (χ3v) is 3.99. The SMILES string of the molecule is CCCNC(c1ccc(F)cc1)c1ccc(SC)cc1. The molecule has 2 aromatic rings. The molecule has 1 unspecified atom stereocenters. The van der Waals surface area contributed by atoms with E-state index in [9.17, 15) is 4.39 Å². The van der Waals surface area contributed by atoms with Gasteiger partial charge in [0.1, 0.15) is 5.82 Å². The third-order valence-electron chi connectivity index (χ3n) is 3.25. The lowest BCUT2D eigenvalue weighted by Crippen LogP contribution is -2.23. The molecule has 0 bridgehead atoms. The van der Waals surface area contributed by atoms with Crippen molar-refractivity contribution in [2.24, 2.45) is 0 Å². The summed E-state index contributed by atoms with van der Waals surface area (Å²) in [6.45, 7) is 3.08. The Kier molecular flexibility index (Phi) is 5.62. The molecule has 0 fully saturated rings. The molecule has 0 aliphatic rings. The van der Waals surface area contributed by atoms with Crippen LogP contribution in [0.15, 0.2) is 53.4 Å². The van der Waals surface area contributed by atoms with Crippen molar-refractivity contribution in [3.63, 3.8) is 0 Å². The first kappa shape index (κ1) is 15.1. The van der Waals surface area contributed by atoms with Crippen molar-refractivity contribution in [3.05, 3.63) is 65.5 Å². The minimum Gasteiger partial charge on any atom is -0.306 e. The maximum absolute atomic E-state index is 13.1. The number of nitrogens with one attached hydrogen (secondary N) is 1. The van der Waals surface area contributed by atoms with Gasteiger partial charge in [-0.05, 0) is 54.6 Å². The van der Waals surface area contributed by atoms with E-state index in [1.54, 1.807) is 11.8 Å². The van der Waals surface area contributed by atoms with Gasteiger partial charge in [-0.2, -0.15) is 0 Å². The molecule has 0 aliphatic carbocycles. The summed E-state index contributed by atoms with van der Waals surface area (Å²) in [4.78, 5) is 1.25. The molecule has 0 aromatic heterocycles. The molecular formula is C17H20FNS. The van der Waals surface area contributed by atoms with Crippen molar-refractivity contribution in [2.75, 3.05) is 12.8 Å². The van der Waals surface area contributed by atoms with Crippen LogP contribution in [0.2, 0.25) is 0 Å². The summed E-state index contributed by atoms with van der Waals surface area (Å²) >= 11 is 1.73. The molecule has 0 radical (unpaired) electrons. The molecule has 0 saturated carbocycles. The lowest BCUT2D eigenvalue weighted by molar-refractivity contribution is 0.593. The molecule has 0 amide bonds. The van der Waals surface area contributed by atoms with E-state index in [0.717, 1.165) is 18.5 Å². The van der Waals surface area contributed by atoms with Crippen molar-refractivity contribution < 1.29 is 4.39 Å². The first-order valence-electron chi connectivity index (χ1n) is 6.87. The Bertz CT molecular complexity index is 522. The molecule has 0 heterocycles. The smallest absolute Gasteiger partial charge is 0.123 e. The summed E-state index contributed by atoms with van der Waals surface area (Å²) in [5.74, 6) is -0.194. The van der Waals surface area contributed by atoms with Crippen LogP contribution in [0.5, 0.6) is 0 Å². The molecule has 1 N–H and O–H groups in total. The van der Waals surface area contributed by atoms with Gasteiger partial charge in [0.15, 0.2) is 0 Å². The number of thioether (sulfide) groups is 1. The Labute approximate surface area is 124 Å². The topological polar surface area (TPSA) is 12.0 Å². The summed E-state index contributed by atoms with van der Waals surface area (Å²) in [5.41, 5.74) is 2.31. The van der Waals surface area contributed by atoms with Crippen molar-refractivity contribution >= 4 is 11.8 Å². The normalized spacial score (nSPS) is 12.3. The minimum absolute atomic E-state index is 0.117. The number of benzene rings is 2. The van der Waals surface area contributed by atoms with Crippen LogP contribution in [0.4, 0.5) is 4.39 Å². The molecule has 3 heteroatoms. The Hall–Kier alpha value is -1.32. The fourth-order valence-electron chi connectivity index (χ4n) is 2.17. The standard InChI is InChI=1S/C17H20FNS/c1-3-12-19-17(13-4-8-15(18)9-5-13)14-6-10-16(20-2)11-7-14/h4-11,17,19H,3,12H2,1-2H3. The van der Waals surface area contributed by atoms with Crippen LogP contribution in [0.25, 0.3) is 0 Å². The van der Waals surface area contributed by atoms with Crippen LogP contribution < -0.4 is 5.32 Å². The van der Waals surface area contributed by atoms with Crippen molar-refractivity contribution in [3.8, 4) is 0 Å². The molecule has 106 valence electrons. The third kappa shape index (κ3) is 3.84. The Morgan fingerprint density at radius 2 is 1.55 bits per heavy atom. The van der Waals surface area contributed by atoms with Crippen LogP contribution in [-0.4, -0.2) is 12.8 Å². The van der Waals surface area contributed by atoms with Crippen LogP contribution in [-0.2, 0) is 0 Å². The van der Waals surface area contributed by atoms with E-state index in [2.05, 4.69) is 42.8 Å². The van der Waals surface area contributed by atoms with Gasteiger partial charge in [0, 0.05) is 4.90 Å². The second-order valence-corrected chi connectivity index (χ2v) is 5.59. The quantitative estimate of drug-likeness (QED) is 0.778. The Balaban J connectivity index is 2.27. The molecule has 1 atom stereocenters. The predicted octanol–water partition coefficient (Wildman–Crippen LogP) is 4.64. The molecule has 0 spiro atoms. The molecular weight excluding hydrogens is 269 g/mol. The molecule has 2 rings (SSSR count). The molecule has 20 heavy (non-hydrogen) atoms. The molecule has 2 aromatic carbocycles. The monoisotopic (exact) mass is 289 g/mol. The number of rotatable bonds is 6. The van der Waals surface area contributed by atoms with Crippen molar-refractivity contribution in [2.45, 2.75) is 24.3 Å². The highest BCUT2D eigenvalue weighted by Gasteiger charge is 2.13. The van der Waals surface area contributed by atoms with Gasteiger partial charge in [0.2, 0.25) is 0 Å². The Morgan fingerprint density at radius 1 is 1.00 bits per heavy atom. The van der Waals surface area contributed by atoms with E-state index in [-0.39, 0.29) is 11.9 Å². The first-order valence-corrected chi connectivity index (χ1v) is 8.10. The molecule has 1 nitrogen and oxygen atoms in total. The predicted molar refractivity (Wildman–Crippen MR) is 84.8 cm³/mol. The van der Waals surface area contributed by atoms with E-state index < -0.39 is 0 Å². The van der Waals surface area contributed by atoms with Gasteiger partial charge in [0.25, 0.3) is 0 Å². The van der Waals surface area contributed by atoms with E-state index in [1.807, 2.05) is 12.1 Å². The second kappa shape index (κ2) is 7.46. The highest BCUT2D eigenvalue weighted by molar-refractivity contribution is 7.98. The van der Waals surface area contributed by atoms with E-state index >= 15 is 0 Å². The lowest BCUT2D eigenvalue weighted by Gasteiger charge is -2.20. The van der Waals surface area contributed by atoms with Gasteiger partial charge in [-0.3, -0.25) is 0 Å². The van der Waals surface area contributed by atoms with Crippen LogP contribution in [0.3, 0.4) is 0 Å². The van der Waals surface area contributed by atoms with Crippen LogP contribution in [0, 0.1) is 5.82 Å². The zero-order valence-corrected chi connectivity index (χ0v) is 12.7. The summed E-state index contributed by atoms with van der Waals surface area (Å²) in [6.07, 6.45) is 3.14. The Morgan fingerprint density at radius 3 is 2.05 bits per heavy atom. The van der Waals surface area contributed by atoms with E-state index in [0.29, 0.717) is 0 Å². The van der Waals surface area contributed by atoms with Gasteiger partial charge < -0.3 is 5.32 Å². The largest absolute Gasteiger partial charge is 0.306 e. The van der Waals surface area contributed by atoms with Crippen molar-refractivity contribution in [1.82, 2.24) is 5.32 Å². The summed E-state index contributed by atoms with van der Waals surface area (Å²) in [7, 11) is 0. The summed E-state index contributed by atoms with van der Waals surface area (Å²) in [6, 6.07) is 15.4. The second-order valence-electron chi connectivity index (χ2n) is 4.71. The van der Waals surface area contributed by atoms with Crippen molar-refractivity contribution in [1.29, 1.82) is 0 Å². The number of halogens is 1. The maximum atomic E-state index is 13.1. The van der Waals surface area contributed by atoms with Gasteiger partial charge in [-0.15, -0.1) is 11.8 Å². The van der Waals surface area contributed by atoms with E-state index in [1.165, 1.54) is 22.6 Å². The average molecular weight is 289 g/mol. The van der Waals surface area contributed by atoms with Crippen LogP contribution >= 0.6 is 11.8 Å². The number of hydrogen-bond acceptors (Lipinski definition) is 2. The first-order chi connectivity index (χ1) is 9.74. The lowest BCUT2D eigenvalue weighted by atomic mass is 9.98. The van der Waals surface area contributed by atoms with Gasteiger partial charge in [-0.1, -0.05) is 31.2 Å². The minimum atomic E-state index is -0.194. The fourth-order valence-corrected chi connectivity index (χ4v) is 2.58. The molecule has 0 aliphatic heterocycles. The highest BCUT2D eigenvalue weighted by Crippen LogP contribution is 2.24. The zero-order chi connectivity index (χ0) is 14.4. The summed E-state index contributed by atoms with van der Waals surface area (Å²) in [5, 5.41) is 3.53. The van der Waals surface area contributed by atoms with Gasteiger partial charge in [-0.25, -0.2) is 4.39 Å².